The summed E-state index contributed by atoms with van der Waals surface area (Å²) in [5, 5.41) is 3.36. The molecule has 0 fully saturated rings. The molecule has 1 heterocycles. The first-order chi connectivity index (χ1) is 15.3. The van der Waals surface area contributed by atoms with Gasteiger partial charge in [0.25, 0.3) is 10.0 Å². The minimum Gasteiger partial charge on any atom is -0.497 e. The Balaban J connectivity index is 1.81. The molecular weight excluding hydrogens is 455 g/mol. The van der Waals surface area contributed by atoms with Gasteiger partial charge < -0.3 is 10.1 Å². The largest absolute Gasteiger partial charge is 0.497 e. The number of para-hydroxylation sites is 2. The first-order valence-electron chi connectivity index (χ1n) is 9.43. The van der Waals surface area contributed by atoms with Crippen molar-refractivity contribution in [1.29, 1.82) is 0 Å². The summed E-state index contributed by atoms with van der Waals surface area (Å²) in [6.45, 7) is 1.67. The van der Waals surface area contributed by atoms with E-state index in [1.54, 1.807) is 49.4 Å². The summed E-state index contributed by atoms with van der Waals surface area (Å²) in [4.78, 5) is 8.38. The Kier molecular flexibility index (Phi) is 5.86. The summed E-state index contributed by atoms with van der Waals surface area (Å²) in [6, 6.07) is 15.8. The van der Waals surface area contributed by atoms with Crippen LogP contribution in [0.15, 0.2) is 65.6 Å². The van der Waals surface area contributed by atoms with Gasteiger partial charge in [0.15, 0.2) is 11.6 Å². The molecule has 0 aliphatic heterocycles. The Morgan fingerprint density at radius 1 is 0.969 bits per heavy atom. The number of anilines is 3. The highest BCUT2D eigenvalue weighted by Gasteiger charge is 2.23. The number of halogens is 2. The molecule has 1 aromatic heterocycles. The van der Waals surface area contributed by atoms with Gasteiger partial charge >= 0.3 is 0 Å². The van der Waals surface area contributed by atoms with Crippen molar-refractivity contribution in [3.05, 3.63) is 77.1 Å². The van der Waals surface area contributed by atoms with E-state index in [1.165, 1.54) is 19.2 Å². The van der Waals surface area contributed by atoms with Crippen LogP contribution >= 0.6 is 11.6 Å². The lowest BCUT2D eigenvalue weighted by molar-refractivity contribution is 0.415. The van der Waals surface area contributed by atoms with Crippen molar-refractivity contribution < 1.29 is 17.5 Å². The summed E-state index contributed by atoms with van der Waals surface area (Å²) in [6.07, 6.45) is 0. The number of nitrogens with zero attached hydrogens (tertiary/aromatic N) is 2. The predicted octanol–water partition coefficient (Wildman–Crippen LogP) is 5.28. The Morgan fingerprint density at radius 3 is 2.31 bits per heavy atom. The minimum atomic E-state index is -4.29. The third-order valence-corrected chi connectivity index (χ3v) is 6.31. The molecule has 0 radical (unpaired) electrons. The summed E-state index contributed by atoms with van der Waals surface area (Å²) in [5.41, 5.74) is 2.01. The molecule has 0 atom stereocenters. The maximum atomic E-state index is 14.4. The fourth-order valence-electron chi connectivity index (χ4n) is 3.02. The number of ether oxygens (including phenoxy) is 1. The Morgan fingerprint density at radius 2 is 1.66 bits per heavy atom. The van der Waals surface area contributed by atoms with Crippen LogP contribution in [0, 0.1) is 12.7 Å². The standard InChI is InChI=1S/C22H18ClFN4O3S/c1-13-7-10-20(16(24)11-13)32(29,30)28-22-21(25-17-5-3-4-6-18(17)26-22)27-19-12-14(31-2)8-9-15(19)23/h3-12H,1-2H3,(H,25,27)(H,26,28). The first-order valence-corrected chi connectivity index (χ1v) is 11.3. The normalized spacial score (nSPS) is 11.4. The third kappa shape index (κ3) is 4.44. The van der Waals surface area contributed by atoms with Crippen molar-refractivity contribution in [3.8, 4) is 5.75 Å². The molecule has 32 heavy (non-hydrogen) atoms. The van der Waals surface area contributed by atoms with Gasteiger partial charge in [-0.05, 0) is 48.9 Å². The topological polar surface area (TPSA) is 93.2 Å². The zero-order chi connectivity index (χ0) is 22.9. The number of hydrogen-bond acceptors (Lipinski definition) is 6. The number of sulfonamides is 1. The van der Waals surface area contributed by atoms with Crippen LogP contribution in [0.5, 0.6) is 5.75 Å². The molecule has 3 aromatic carbocycles. The molecule has 0 unspecified atom stereocenters. The van der Waals surface area contributed by atoms with Gasteiger partial charge in [-0.3, -0.25) is 4.72 Å². The van der Waals surface area contributed by atoms with Gasteiger partial charge in [0.1, 0.15) is 16.5 Å². The van der Waals surface area contributed by atoms with Crippen molar-refractivity contribution >= 4 is 50.0 Å². The quantitative estimate of drug-likeness (QED) is 0.396. The molecule has 7 nitrogen and oxygen atoms in total. The van der Waals surface area contributed by atoms with E-state index in [1.807, 2.05) is 0 Å². The van der Waals surface area contributed by atoms with Crippen LogP contribution in [-0.2, 0) is 10.0 Å². The fraction of sp³-hybridized carbons (Fsp3) is 0.0909. The molecular formula is C22H18ClFN4O3S. The molecule has 0 saturated heterocycles. The highest BCUT2D eigenvalue weighted by molar-refractivity contribution is 7.92. The molecule has 0 aliphatic carbocycles. The van der Waals surface area contributed by atoms with Gasteiger partial charge in [0, 0.05) is 6.07 Å². The van der Waals surface area contributed by atoms with Gasteiger partial charge in [0.05, 0.1) is 28.9 Å². The zero-order valence-corrected chi connectivity index (χ0v) is 18.6. The molecule has 10 heteroatoms. The molecule has 4 rings (SSSR count). The van der Waals surface area contributed by atoms with Crippen LogP contribution in [-0.4, -0.2) is 25.5 Å². The second-order valence-electron chi connectivity index (χ2n) is 6.92. The van der Waals surface area contributed by atoms with Gasteiger partial charge in [-0.25, -0.2) is 22.8 Å². The zero-order valence-electron chi connectivity index (χ0n) is 17.1. The Labute approximate surface area is 189 Å². The molecule has 0 bridgehead atoms. The van der Waals surface area contributed by atoms with Crippen LogP contribution in [0.2, 0.25) is 5.02 Å². The van der Waals surface area contributed by atoms with E-state index in [-0.39, 0.29) is 11.6 Å². The third-order valence-electron chi connectivity index (χ3n) is 4.61. The Bertz CT molecular complexity index is 1430. The second kappa shape index (κ2) is 8.60. The van der Waals surface area contributed by atoms with Gasteiger partial charge in [-0.15, -0.1) is 0 Å². The monoisotopic (exact) mass is 472 g/mol. The van der Waals surface area contributed by atoms with Gasteiger partial charge in [0.2, 0.25) is 0 Å². The maximum Gasteiger partial charge on any atom is 0.266 e. The van der Waals surface area contributed by atoms with E-state index in [0.717, 1.165) is 6.07 Å². The second-order valence-corrected chi connectivity index (χ2v) is 8.98. The van der Waals surface area contributed by atoms with Crippen LogP contribution in [0.1, 0.15) is 5.56 Å². The maximum absolute atomic E-state index is 14.4. The average molecular weight is 473 g/mol. The average Bonchev–Trinajstić information content (AvgIpc) is 2.75. The van der Waals surface area contributed by atoms with Crippen molar-refractivity contribution in [2.75, 3.05) is 17.1 Å². The minimum absolute atomic E-state index is 0.0925. The number of rotatable bonds is 6. The number of hydrogen-bond donors (Lipinski definition) is 2. The number of methoxy groups -OCH3 is 1. The van der Waals surface area contributed by atoms with E-state index in [9.17, 15) is 12.8 Å². The number of benzene rings is 3. The lowest BCUT2D eigenvalue weighted by atomic mass is 10.2. The summed E-state index contributed by atoms with van der Waals surface area (Å²) < 4.78 is 47.8. The van der Waals surface area contributed by atoms with E-state index in [2.05, 4.69) is 20.0 Å². The molecule has 0 saturated carbocycles. The molecule has 2 N–H and O–H groups in total. The highest BCUT2D eigenvalue weighted by Crippen LogP contribution is 2.33. The van der Waals surface area contributed by atoms with Crippen LogP contribution in [0.25, 0.3) is 11.0 Å². The van der Waals surface area contributed by atoms with Crippen molar-refractivity contribution in [3.63, 3.8) is 0 Å². The SMILES string of the molecule is COc1ccc(Cl)c(Nc2nc3ccccc3nc2NS(=O)(=O)c2ccc(C)cc2F)c1. The van der Waals surface area contributed by atoms with Crippen molar-refractivity contribution in [2.24, 2.45) is 0 Å². The van der Waals surface area contributed by atoms with Crippen molar-refractivity contribution in [2.45, 2.75) is 11.8 Å². The lowest BCUT2D eigenvalue weighted by Crippen LogP contribution is -2.17. The number of aryl methyl sites for hydroxylation is 1. The van der Waals surface area contributed by atoms with E-state index in [0.29, 0.717) is 33.1 Å². The van der Waals surface area contributed by atoms with Crippen LogP contribution in [0.4, 0.5) is 21.7 Å². The lowest BCUT2D eigenvalue weighted by Gasteiger charge is -2.15. The predicted molar refractivity (Wildman–Crippen MR) is 123 cm³/mol. The summed E-state index contributed by atoms with van der Waals surface area (Å²) in [7, 11) is -2.78. The fourth-order valence-corrected chi connectivity index (χ4v) is 4.25. The number of fused-ring (bicyclic) bond motifs is 1. The van der Waals surface area contributed by atoms with Gasteiger partial charge in [-0.1, -0.05) is 29.8 Å². The number of nitrogens with one attached hydrogen (secondary N) is 2. The molecule has 0 amide bonds. The van der Waals surface area contributed by atoms with Crippen LogP contribution in [0.3, 0.4) is 0 Å². The van der Waals surface area contributed by atoms with E-state index in [4.69, 9.17) is 16.3 Å². The molecule has 0 aliphatic rings. The summed E-state index contributed by atoms with van der Waals surface area (Å²) >= 11 is 6.28. The Hall–Kier alpha value is -3.43. The number of aromatic nitrogens is 2. The summed E-state index contributed by atoms with van der Waals surface area (Å²) in [5.74, 6) is -0.344. The van der Waals surface area contributed by atoms with E-state index < -0.39 is 20.7 Å². The molecule has 164 valence electrons. The molecule has 0 spiro atoms. The molecule has 4 aromatic rings. The van der Waals surface area contributed by atoms with Gasteiger partial charge in [-0.2, -0.15) is 0 Å². The smallest absolute Gasteiger partial charge is 0.266 e. The first kappa shape index (κ1) is 21.8. The van der Waals surface area contributed by atoms with E-state index >= 15 is 0 Å². The van der Waals surface area contributed by atoms with Crippen LogP contribution < -0.4 is 14.8 Å². The van der Waals surface area contributed by atoms with Crippen molar-refractivity contribution in [1.82, 2.24) is 9.97 Å². The highest BCUT2D eigenvalue weighted by atomic mass is 35.5.